The van der Waals surface area contributed by atoms with Crippen LogP contribution in [0.4, 0.5) is 0 Å². The predicted molar refractivity (Wildman–Crippen MR) is 83.0 cm³/mol. The summed E-state index contributed by atoms with van der Waals surface area (Å²) in [4.78, 5) is 13.1. The van der Waals surface area contributed by atoms with Crippen LogP contribution in [0.15, 0.2) is 15.9 Å². The lowest BCUT2D eigenvalue weighted by molar-refractivity contribution is -0.126. The summed E-state index contributed by atoms with van der Waals surface area (Å²) in [5, 5.41) is 2.92. The molecule has 1 aliphatic heterocycles. The molecule has 0 bridgehead atoms. The van der Waals surface area contributed by atoms with E-state index in [4.69, 9.17) is 0 Å². The average molecular weight is 381 g/mol. The van der Waals surface area contributed by atoms with Crippen LogP contribution >= 0.6 is 27.3 Å². The first-order valence-electron chi connectivity index (χ1n) is 6.33. The van der Waals surface area contributed by atoms with Crippen LogP contribution < -0.4 is 5.32 Å². The number of rotatable bonds is 4. The highest BCUT2D eigenvalue weighted by molar-refractivity contribution is 9.11. The summed E-state index contributed by atoms with van der Waals surface area (Å²) in [7, 11) is -3.13. The van der Waals surface area contributed by atoms with Crippen molar-refractivity contribution in [3.63, 3.8) is 0 Å². The van der Waals surface area contributed by atoms with Crippen molar-refractivity contribution in [2.45, 2.75) is 19.4 Å². The topological polar surface area (TPSA) is 66.5 Å². The maximum absolute atomic E-state index is 12.0. The number of halogens is 1. The van der Waals surface area contributed by atoms with Crippen molar-refractivity contribution in [3.8, 4) is 0 Å². The van der Waals surface area contributed by atoms with Crippen LogP contribution in [0.2, 0.25) is 0 Å². The van der Waals surface area contributed by atoms with Crippen molar-refractivity contribution in [2.24, 2.45) is 5.92 Å². The molecule has 1 aliphatic rings. The Bertz CT molecular complexity index is 577. The Morgan fingerprint density at radius 1 is 1.45 bits per heavy atom. The number of sulfonamides is 1. The number of hydrogen-bond acceptors (Lipinski definition) is 4. The largest absolute Gasteiger partial charge is 0.351 e. The van der Waals surface area contributed by atoms with Crippen molar-refractivity contribution in [3.05, 3.63) is 20.8 Å². The van der Waals surface area contributed by atoms with Crippen LogP contribution in [0, 0.1) is 5.92 Å². The SMILES string of the molecule is CS(=O)(=O)N1CCC(C(=O)NCc2ccc(Br)s2)CC1. The normalized spacial score (nSPS) is 18.1. The van der Waals surface area contributed by atoms with Crippen LogP contribution in [0.5, 0.6) is 0 Å². The molecule has 8 heteroatoms. The van der Waals surface area contributed by atoms with Crippen molar-refractivity contribution in [1.82, 2.24) is 9.62 Å². The minimum atomic E-state index is -3.13. The third kappa shape index (κ3) is 4.28. The lowest BCUT2D eigenvalue weighted by Crippen LogP contribution is -2.42. The molecule has 2 rings (SSSR count). The van der Waals surface area contributed by atoms with E-state index < -0.39 is 10.0 Å². The highest BCUT2D eigenvalue weighted by Crippen LogP contribution is 2.23. The van der Waals surface area contributed by atoms with E-state index in [1.54, 1.807) is 11.3 Å². The molecule has 1 N–H and O–H groups in total. The molecule has 1 aromatic heterocycles. The maximum Gasteiger partial charge on any atom is 0.223 e. The van der Waals surface area contributed by atoms with Gasteiger partial charge in [-0.25, -0.2) is 12.7 Å². The molecule has 0 spiro atoms. The van der Waals surface area contributed by atoms with Crippen molar-refractivity contribution >= 4 is 43.2 Å². The van der Waals surface area contributed by atoms with Crippen LogP contribution in [0.25, 0.3) is 0 Å². The van der Waals surface area contributed by atoms with Gasteiger partial charge in [-0.1, -0.05) is 0 Å². The molecule has 0 radical (unpaired) electrons. The highest BCUT2D eigenvalue weighted by Gasteiger charge is 2.28. The molecule has 0 unspecified atom stereocenters. The van der Waals surface area contributed by atoms with Gasteiger partial charge < -0.3 is 5.32 Å². The van der Waals surface area contributed by atoms with Gasteiger partial charge in [0.05, 0.1) is 16.6 Å². The summed E-state index contributed by atoms with van der Waals surface area (Å²) < 4.78 is 25.3. The second kappa shape index (κ2) is 6.55. The number of nitrogens with zero attached hydrogens (tertiary/aromatic N) is 1. The molecule has 1 saturated heterocycles. The molecule has 0 aliphatic carbocycles. The molecule has 0 aromatic carbocycles. The molecule has 1 aromatic rings. The molecular formula is C12H17BrN2O3S2. The number of piperidine rings is 1. The van der Waals surface area contributed by atoms with Gasteiger partial charge in [0.2, 0.25) is 15.9 Å². The monoisotopic (exact) mass is 380 g/mol. The van der Waals surface area contributed by atoms with Crippen molar-refractivity contribution in [1.29, 1.82) is 0 Å². The van der Waals surface area contributed by atoms with Gasteiger partial charge in [-0.3, -0.25) is 4.79 Å². The zero-order chi connectivity index (χ0) is 14.8. The zero-order valence-corrected chi connectivity index (χ0v) is 14.4. The van der Waals surface area contributed by atoms with Gasteiger partial charge in [-0.15, -0.1) is 11.3 Å². The summed E-state index contributed by atoms with van der Waals surface area (Å²) in [6.07, 6.45) is 2.39. The Morgan fingerprint density at radius 3 is 2.60 bits per heavy atom. The van der Waals surface area contributed by atoms with Gasteiger partial charge >= 0.3 is 0 Å². The Balaban J connectivity index is 1.80. The van der Waals surface area contributed by atoms with Gasteiger partial charge in [0.1, 0.15) is 0 Å². The lowest BCUT2D eigenvalue weighted by atomic mass is 9.97. The first-order chi connectivity index (χ1) is 9.36. The van der Waals surface area contributed by atoms with Crippen molar-refractivity contribution in [2.75, 3.05) is 19.3 Å². The van der Waals surface area contributed by atoms with Gasteiger partial charge in [-0.05, 0) is 40.9 Å². The van der Waals surface area contributed by atoms with Crippen molar-refractivity contribution < 1.29 is 13.2 Å². The number of carbonyl (C=O) groups excluding carboxylic acids is 1. The molecule has 20 heavy (non-hydrogen) atoms. The minimum Gasteiger partial charge on any atom is -0.351 e. The first kappa shape index (κ1) is 15.9. The van der Waals surface area contributed by atoms with Gasteiger partial charge in [0.25, 0.3) is 0 Å². The van der Waals surface area contributed by atoms with Gasteiger partial charge in [0.15, 0.2) is 0 Å². The van der Waals surface area contributed by atoms with E-state index in [0.29, 0.717) is 32.5 Å². The van der Waals surface area contributed by atoms with Crippen LogP contribution in [-0.4, -0.2) is 38.0 Å². The van der Waals surface area contributed by atoms with E-state index >= 15 is 0 Å². The van der Waals surface area contributed by atoms with Crippen LogP contribution in [0.1, 0.15) is 17.7 Å². The third-order valence-corrected chi connectivity index (χ3v) is 6.29. The Morgan fingerprint density at radius 2 is 2.10 bits per heavy atom. The van der Waals surface area contributed by atoms with Crippen LogP contribution in [-0.2, 0) is 21.4 Å². The Labute approximate surface area is 131 Å². The standard InChI is InChI=1S/C12H17BrN2O3S2/c1-20(17,18)15-6-4-9(5-7-15)12(16)14-8-10-2-3-11(13)19-10/h2-3,9H,4-8H2,1H3,(H,14,16). The lowest BCUT2D eigenvalue weighted by Gasteiger charge is -2.29. The number of carbonyl (C=O) groups is 1. The second-order valence-electron chi connectivity index (χ2n) is 4.86. The Kier molecular flexibility index (Phi) is 5.22. The zero-order valence-electron chi connectivity index (χ0n) is 11.1. The first-order valence-corrected chi connectivity index (χ1v) is 9.79. The Hall–Kier alpha value is -0.440. The van der Waals surface area contributed by atoms with E-state index in [1.807, 2.05) is 12.1 Å². The van der Waals surface area contributed by atoms with E-state index in [-0.39, 0.29) is 11.8 Å². The van der Waals surface area contributed by atoms with E-state index in [2.05, 4.69) is 21.2 Å². The highest BCUT2D eigenvalue weighted by atomic mass is 79.9. The summed E-state index contributed by atoms with van der Waals surface area (Å²) >= 11 is 4.98. The molecule has 0 atom stereocenters. The summed E-state index contributed by atoms with van der Waals surface area (Å²) in [6.45, 7) is 1.39. The van der Waals surface area contributed by atoms with E-state index in [1.165, 1.54) is 10.6 Å². The second-order valence-corrected chi connectivity index (χ2v) is 9.39. The summed E-state index contributed by atoms with van der Waals surface area (Å²) in [5.41, 5.74) is 0. The van der Waals surface area contributed by atoms with E-state index in [9.17, 15) is 13.2 Å². The van der Waals surface area contributed by atoms with E-state index in [0.717, 1.165) is 8.66 Å². The molecule has 1 fully saturated rings. The average Bonchev–Trinajstić information content (AvgIpc) is 2.81. The summed E-state index contributed by atoms with van der Waals surface area (Å²) in [5.74, 6) is -0.0703. The smallest absolute Gasteiger partial charge is 0.223 e. The predicted octanol–water partition coefficient (Wildman–Crippen LogP) is 1.80. The quantitative estimate of drug-likeness (QED) is 0.865. The number of nitrogens with one attached hydrogen (secondary N) is 1. The molecule has 1 amide bonds. The molecule has 2 heterocycles. The molecular weight excluding hydrogens is 364 g/mol. The third-order valence-electron chi connectivity index (χ3n) is 3.36. The number of amides is 1. The fourth-order valence-electron chi connectivity index (χ4n) is 2.21. The summed E-state index contributed by atoms with van der Waals surface area (Å²) in [6, 6.07) is 3.93. The fraction of sp³-hybridized carbons (Fsp3) is 0.583. The van der Waals surface area contributed by atoms with Gasteiger partial charge in [-0.2, -0.15) is 0 Å². The number of thiophene rings is 1. The van der Waals surface area contributed by atoms with Gasteiger partial charge in [0, 0.05) is 23.9 Å². The molecule has 112 valence electrons. The molecule has 0 saturated carbocycles. The minimum absolute atomic E-state index is 0.0164. The fourth-order valence-corrected chi connectivity index (χ4v) is 4.51. The molecule has 5 nitrogen and oxygen atoms in total. The number of hydrogen-bond donors (Lipinski definition) is 1. The maximum atomic E-state index is 12.0. The van der Waals surface area contributed by atoms with Crippen LogP contribution in [0.3, 0.4) is 0 Å².